The highest BCUT2D eigenvalue weighted by atomic mass is 16.7. The normalized spacial score (nSPS) is 19.8. The third kappa shape index (κ3) is 5.68. The van der Waals surface area contributed by atoms with Crippen LogP contribution in [-0.4, -0.2) is 51.6 Å². The number of ether oxygens (including phenoxy) is 6. The summed E-state index contributed by atoms with van der Waals surface area (Å²) in [6.45, 7) is 2.84. The summed E-state index contributed by atoms with van der Waals surface area (Å²) < 4.78 is 34.0. The molecule has 0 radical (unpaired) electrons. The van der Waals surface area contributed by atoms with Crippen molar-refractivity contribution >= 4 is 17.6 Å². The van der Waals surface area contributed by atoms with Crippen molar-refractivity contribution in [3.8, 4) is 11.5 Å². The number of carbonyl (C=O) groups is 2. The van der Waals surface area contributed by atoms with E-state index in [1.165, 1.54) is 39.1 Å². The first kappa shape index (κ1) is 26.8. The Balaban J connectivity index is 1.54. The van der Waals surface area contributed by atoms with E-state index in [4.69, 9.17) is 28.4 Å². The largest absolute Gasteiger partial charge is 0.463 e. The zero-order chi connectivity index (χ0) is 27.6. The van der Waals surface area contributed by atoms with Crippen LogP contribution in [-0.2, 0) is 41.9 Å². The minimum Gasteiger partial charge on any atom is -0.463 e. The molecule has 204 valence electrons. The molecule has 3 heterocycles. The number of benzene rings is 1. The predicted molar refractivity (Wildman–Crippen MR) is 124 cm³/mol. The average Bonchev–Trinajstić information content (AvgIpc) is 3.47. The van der Waals surface area contributed by atoms with E-state index in [9.17, 15) is 29.3 Å². The molecule has 0 aliphatic carbocycles. The maximum absolute atomic E-state index is 13.2. The lowest BCUT2D eigenvalue weighted by Gasteiger charge is -2.18. The van der Waals surface area contributed by atoms with Gasteiger partial charge < -0.3 is 28.4 Å². The second kappa shape index (κ2) is 11.0. The second-order valence-electron chi connectivity index (χ2n) is 8.62. The maximum atomic E-state index is 13.2. The number of nitro benzene ring substituents is 1. The summed E-state index contributed by atoms with van der Waals surface area (Å²) in [5.74, 6) is -0.589. The molecule has 0 N–H and O–H groups in total. The highest BCUT2D eigenvalue weighted by Crippen LogP contribution is 2.38. The molecule has 15 heteroatoms. The van der Waals surface area contributed by atoms with Gasteiger partial charge in [-0.15, -0.1) is 0 Å². The van der Waals surface area contributed by atoms with Gasteiger partial charge in [0.2, 0.25) is 6.79 Å². The Morgan fingerprint density at radius 2 is 1.87 bits per heavy atom. The Morgan fingerprint density at radius 1 is 1.16 bits per heavy atom. The van der Waals surface area contributed by atoms with E-state index < -0.39 is 53.3 Å². The fourth-order valence-electron chi connectivity index (χ4n) is 4.14. The molecule has 15 nitrogen and oxygen atoms in total. The monoisotopic (exact) mass is 535 g/mol. The number of esters is 2. The lowest BCUT2D eigenvalue weighted by molar-refractivity contribution is -0.386. The van der Waals surface area contributed by atoms with Crippen LogP contribution in [0.2, 0.25) is 0 Å². The van der Waals surface area contributed by atoms with Crippen LogP contribution in [0.4, 0.5) is 5.69 Å². The van der Waals surface area contributed by atoms with Gasteiger partial charge in [0.25, 0.3) is 11.2 Å². The molecule has 0 unspecified atom stereocenters. The van der Waals surface area contributed by atoms with E-state index in [1.807, 2.05) is 0 Å². The molecule has 1 saturated heterocycles. The van der Waals surface area contributed by atoms with Gasteiger partial charge in [0.1, 0.15) is 31.8 Å². The summed E-state index contributed by atoms with van der Waals surface area (Å²) >= 11 is 0. The van der Waals surface area contributed by atoms with E-state index in [-0.39, 0.29) is 49.0 Å². The van der Waals surface area contributed by atoms with Gasteiger partial charge >= 0.3 is 17.6 Å². The van der Waals surface area contributed by atoms with Crippen molar-refractivity contribution in [2.45, 2.75) is 59.0 Å². The van der Waals surface area contributed by atoms with Crippen molar-refractivity contribution in [1.29, 1.82) is 0 Å². The summed E-state index contributed by atoms with van der Waals surface area (Å²) in [6, 6.07) is 2.62. The molecular weight excluding hydrogens is 510 g/mol. The van der Waals surface area contributed by atoms with Crippen molar-refractivity contribution in [1.82, 2.24) is 9.13 Å². The predicted octanol–water partition coefficient (Wildman–Crippen LogP) is 0.912. The number of rotatable bonds is 9. The topological polar surface area (TPSA) is 177 Å². The number of fused-ring (bicyclic) bond motifs is 1. The average molecular weight is 535 g/mol. The van der Waals surface area contributed by atoms with Gasteiger partial charge in [-0.1, -0.05) is 0 Å². The lowest BCUT2D eigenvalue weighted by Crippen LogP contribution is -2.42. The van der Waals surface area contributed by atoms with Crippen LogP contribution in [0.3, 0.4) is 0 Å². The molecule has 0 bridgehead atoms. The minimum atomic E-state index is -0.937. The minimum absolute atomic E-state index is 0.0628. The highest BCUT2D eigenvalue weighted by molar-refractivity contribution is 5.66. The van der Waals surface area contributed by atoms with Crippen molar-refractivity contribution in [3.05, 3.63) is 60.4 Å². The smallest absolute Gasteiger partial charge is 0.335 e. The molecule has 1 aromatic carbocycles. The number of hydrogen-bond acceptors (Lipinski definition) is 12. The van der Waals surface area contributed by atoms with Gasteiger partial charge in [-0.05, 0) is 13.0 Å². The molecule has 3 atom stereocenters. The molecule has 1 fully saturated rings. The SMILES string of the molecule is CC(=O)OC[C@H]1O[C@@H](n2cc(C)c(=O)n(COCc3cc4c(cc3[N+](=O)[O-])OCO4)c2=O)C[C@@H]1OC(C)=O. The van der Waals surface area contributed by atoms with E-state index in [0.717, 1.165) is 9.13 Å². The van der Waals surface area contributed by atoms with Crippen LogP contribution in [0.25, 0.3) is 0 Å². The summed E-state index contributed by atoms with van der Waals surface area (Å²) in [7, 11) is 0. The molecule has 2 aliphatic rings. The molecule has 2 aromatic rings. The molecule has 1 aromatic heterocycles. The first-order valence-corrected chi connectivity index (χ1v) is 11.5. The van der Waals surface area contributed by atoms with Gasteiger partial charge in [-0.2, -0.15) is 0 Å². The number of hydrogen-bond donors (Lipinski definition) is 0. The first-order chi connectivity index (χ1) is 18.0. The molecule has 0 amide bonds. The Kier molecular flexibility index (Phi) is 7.78. The maximum Gasteiger partial charge on any atom is 0.335 e. The summed E-state index contributed by atoms with van der Waals surface area (Å²) in [4.78, 5) is 59.6. The third-order valence-electron chi connectivity index (χ3n) is 5.87. The van der Waals surface area contributed by atoms with Crippen molar-refractivity contribution in [3.63, 3.8) is 0 Å². The zero-order valence-corrected chi connectivity index (χ0v) is 20.7. The van der Waals surface area contributed by atoms with E-state index >= 15 is 0 Å². The quantitative estimate of drug-likeness (QED) is 0.252. The van der Waals surface area contributed by atoms with E-state index in [0.29, 0.717) is 5.75 Å². The van der Waals surface area contributed by atoms with Crippen molar-refractivity contribution in [2.75, 3.05) is 13.4 Å². The molecular formula is C23H25N3O12. The lowest BCUT2D eigenvalue weighted by atomic mass is 10.1. The molecule has 2 aliphatic heterocycles. The Morgan fingerprint density at radius 3 is 2.53 bits per heavy atom. The van der Waals surface area contributed by atoms with Crippen molar-refractivity contribution in [2.24, 2.45) is 0 Å². The third-order valence-corrected chi connectivity index (χ3v) is 5.87. The van der Waals surface area contributed by atoms with Gasteiger partial charge in [0.15, 0.2) is 11.5 Å². The fraction of sp³-hybridized carbons (Fsp3) is 0.478. The number of aryl methyl sites for hydroxylation is 1. The number of aromatic nitrogens is 2. The van der Waals surface area contributed by atoms with Crippen LogP contribution >= 0.6 is 0 Å². The van der Waals surface area contributed by atoms with Crippen LogP contribution in [0.1, 0.15) is 37.6 Å². The van der Waals surface area contributed by atoms with E-state index in [2.05, 4.69) is 0 Å². The van der Waals surface area contributed by atoms with Gasteiger partial charge in [-0.3, -0.25) is 29.1 Å². The summed E-state index contributed by atoms with van der Waals surface area (Å²) in [5, 5.41) is 11.5. The Hall–Kier alpha value is -4.24. The van der Waals surface area contributed by atoms with Crippen LogP contribution in [0.5, 0.6) is 11.5 Å². The number of carbonyl (C=O) groups excluding carboxylic acids is 2. The van der Waals surface area contributed by atoms with Crippen LogP contribution in [0.15, 0.2) is 27.9 Å². The van der Waals surface area contributed by atoms with Gasteiger partial charge in [0.05, 0.1) is 23.2 Å². The zero-order valence-electron chi connectivity index (χ0n) is 20.7. The molecule has 0 saturated carbocycles. The molecule has 38 heavy (non-hydrogen) atoms. The second-order valence-corrected chi connectivity index (χ2v) is 8.62. The Labute approximate surface area is 214 Å². The standard InChI is InChI=1S/C23H25N3O12/c1-12-7-24(21-6-19(37-14(3)28)20(38-21)9-34-13(2)27)23(30)25(22(12)29)10-33-8-15-4-17-18(36-11-35-17)5-16(15)26(31)32/h4-5,7,19-21H,6,8-11H2,1-3H3/t19-,20+,21+/m0/s1. The first-order valence-electron chi connectivity index (χ1n) is 11.5. The van der Waals surface area contributed by atoms with Crippen LogP contribution < -0.4 is 20.7 Å². The Bertz CT molecular complexity index is 1380. The van der Waals surface area contributed by atoms with Crippen LogP contribution in [0, 0.1) is 17.0 Å². The number of nitro groups is 1. The molecule has 0 spiro atoms. The van der Waals surface area contributed by atoms with Gasteiger partial charge in [-0.25, -0.2) is 9.36 Å². The van der Waals surface area contributed by atoms with E-state index in [1.54, 1.807) is 0 Å². The number of nitrogens with zero attached hydrogens (tertiary/aromatic N) is 3. The highest BCUT2D eigenvalue weighted by Gasteiger charge is 2.40. The summed E-state index contributed by atoms with van der Waals surface area (Å²) in [6.07, 6.45) is -1.19. The van der Waals surface area contributed by atoms with Gasteiger partial charge in [0, 0.05) is 32.0 Å². The summed E-state index contributed by atoms with van der Waals surface area (Å²) in [5.41, 5.74) is -1.31. The van der Waals surface area contributed by atoms with Crippen molar-refractivity contribution < 1.29 is 42.9 Å². The fourth-order valence-corrected chi connectivity index (χ4v) is 4.14. The molecule has 4 rings (SSSR count).